The third kappa shape index (κ3) is 4.28. The van der Waals surface area contributed by atoms with Gasteiger partial charge in [-0.05, 0) is 43.2 Å². The number of hydrogen-bond acceptors (Lipinski definition) is 6. The first-order valence-electron chi connectivity index (χ1n) is 14.6. The van der Waals surface area contributed by atoms with Gasteiger partial charge in [0.1, 0.15) is 11.8 Å². The molecule has 3 amide bonds. The summed E-state index contributed by atoms with van der Waals surface area (Å²) in [6.45, 7) is 5.14. The van der Waals surface area contributed by atoms with Gasteiger partial charge in [0.2, 0.25) is 11.8 Å². The summed E-state index contributed by atoms with van der Waals surface area (Å²) in [5, 5.41) is 10.8. The highest BCUT2D eigenvalue weighted by Gasteiger charge is 2.74. The number of rotatable bonds is 7. The van der Waals surface area contributed by atoms with Crippen LogP contribution in [0.3, 0.4) is 0 Å². The lowest BCUT2D eigenvalue weighted by atomic mass is 9.74. The number of carbonyl (C=O) groups is 3. The van der Waals surface area contributed by atoms with Crippen molar-refractivity contribution in [3.05, 3.63) is 84.5 Å². The zero-order valence-electron chi connectivity index (χ0n) is 24.2. The average molecular weight is 588 g/mol. The standard InChI is InChI=1S/C33H37N3O5S/c1-4-18-34-19-8-16-32(2)26(29(34)38)27-30(39)36(25(21-37)22-10-6-5-7-11-22)28-31(40)35(20-9-17-33(27,28)42-32)23-12-14-24(41-3)15-13-23/h5-17,25-28,37H,4,18-21H2,1-3H3/t25-,26-,27+,28?,32+,33+/m1/s1. The molecule has 42 heavy (non-hydrogen) atoms. The summed E-state index contributed by atoms with van der Waals surface area (Å²) < 4.78 is 3.66. The second kappa shape index (κ2) is 10.9. The lowest BCUT2D eigenvalue weighted by Gasteiger charge is -2.40. The van der Waals surface area contributed by atoms with E-state index in [1.54, 1.807) is 28.7 Å². The first-order valence-corrected chi connectivity index (χ1v) is 15.4. The highest BCUT2D eigenvalue weighted by atomic mass is 32.2. The van der Waals surface area contributed by atoms with Crippen LogP contribution in [0, 0.1) is 11.8 Å². The van der Waals surface area contributed by atoms with Gasteiger partial charge < -0.3 is 24.5 Å². The smallest absolute Gasteiger partial charge is 0.251 e. The van der Waals surface area contributed by atoms with Crippen LogP contribution in [-0.2, 0) is 14.4 Å². The van der Waals surface area contributed by atoms with Crippen LogP contribution in [-0.4, -0.2) is 81.5 Å². The maximum atomic E-state index is 14.8. The number of thioether (sulfide) groups is 1. The van der Waals surface area contributed by atoms with Gasteiger partial charge in [-0.2, -0.15) is 0 Å². The second-order valence-electron chi connectivity index (χ2n) is 11.6. The van der Waals surface area contributed by atoms with Crippen molar-refractivity contribution in [2.75, 3.05) is 38.3 Å². The first-order chi connectivity index (χ1) is 20.3. The van der Waals surface area contributed by atoms with Gasteiger partial charge in [0.15, 0.2) is 0 Å². The summed E-state index contributed by atoms with van der Waals surface area (Å²) in [5.41, 5.74) is 1.43. The Labute approximate surface area is 251 Å². The lowest BCUT2D eigenvalue weighted by Crippen LogP contribution is -2.54. The molecule has 4 heterocycles. The highest BCUT2D eigenvalue weighted by Crippen LogP contribution is 2.66. The molecule has 2 aromatic carbocycles. The van der Waals surface area contributed by atoms with Crippen LogP contribution in [0.2, 0.25) is 0 Å². The molecule has 0 radical (unpaired) electrons. The molecular weight excluding hydrogens is 550 g/mol. The molecule has 9 heteroatoms. The maximum Gasteiger partial charge on any atom is 0.251 e. The topological polar surface area (TPSA) is 90.4 Å². The number of hydrogen-bond donors (Lipinski definition) is 1. The Morgan fingerprint density at radius 3 is 2.33 bits per heavy atom. The Balaban J connectivity index is 1.52. The number of fused-ring (bicyclic) bond motifs is 2. The van der Waals surface area contributed by atoms with E-state index >= 15 is 0 Å². The molecule has 6 atom stereocenters. The molecule has 6 rings (SSSR count). The van der Waals surface area contributed by atoms with Crippen LogP contribution in [0.5, 0.6) is 5.75 Å². The van der Waals surface area contributed by atoms with E-state index in [4.69, 9.17) is 4.74 Å². The number of aliphatic hydroxyl groups is 1. The Kier molecular flexibility index (Phi) is 7.43. The molecule has 0 aliphatic carbocycles. The maximum absolute atomic E-state index is 14.8. The highest BCUT2D eigenvalue weighted by molar-refractivity contribution is 8.02. The summed E-state index contributed by atoms with van der Waals surface area (Å²) >= 11 is 1.55. The number of ether oxygens (including phenoxy) is 1. The van der Waals surface area contributed by atoms with Crippen molar-refractivity contribution in [2.45, 2.75) is 41.8 Å². The Hall–Kier alpha value is -3.56. The van der Waals surface area contributed by atoms with Crippen molar-refractivity contribution in [3.8, 4) is 5.75 Å². The van der Waals surface area contributed by atoms with Crippen molar-refractivity contribution in [1.29, 1.82) is 0 Å². The van der Waals surface area contributed by atoms with Gasteiger partial charge in [0.05, 0.1) is 36.3 Å². The molecule has 1 unspecified atom stereocenters. The van der Waals surface area contributed by atoms with Gasteiger partial charge in [-0.25, -0.2) is 0 Å². The van der Waals surface area contributed by atoms with Gasteiger partial charge in [-0.3, -0.25) is 14.4 Å². The number of nitrogens with zero attached hydrogens (tertiary/aromatic N) is 3. The van der Waals surface area contributed by atoms with Gasteiger partial charge >= 0.3 is 0 Å². The molecule has 2 saturated heterocycles. The zero-order chi connectivity index (χ0) is 29.6. The van der Waals surface area contributed by atoms with Gasteiger partial charge in [0, 0.05) is 30.1 Å². The molecule has 2 aromatic rings. The van der Waals surface area contributed by atoms with Crippen molar-refractivity contribution in [2.24, 2.45) is 11.8 Å². The minimum Gasteiger partial charge on any atom is -0.497 e. The molecule has 0 aromatic heterocycles. The SMILES string of the molecule is CCCN1CC=C[C@]2(C)S[C@]34C=CCN(c5ccc(OC)cc5)C(=O)C3N([C@H](CO)c3ccccc3)C(=O)[C@@H]4[C@@H]2C1=O. The van der Waals surface area contributed by atoms with Crippen molar-refractivity contribution in [1.82, 2.24) is 9.80 Å². The predicted octanol–water partition coefficient (Wildman–Crippen LogP) is 3.83. The number of aliphatic hydroxyl groups excluding tert-OH is 1. The predicted molar refractivity (Wildman–Crippen MR) is 163 cm³/mol. The van der Waals surface area contributed by atoms with Crippen LogP contribution < -0.4 is 9.64 Å². The second-order valence-corrected chi connectivity index (χ2v) is 13.4. The molecule has 0 bridgehead atoms. The molecule has 1 N–H and O–H groups in total. The summed E-state index contributed by atoms with van der Waals surface area (Å²) in [6, 6.07) is 15.0. The number of methoxy groups -OCH3 is 1. The number of likely N-dealkylation sites (tertiary alicyclic amines) is 1. The van der Waals surface area contributed by atoms with Crippen LogP contribution in [0.25, 0.3) is 0 Å². The molecule has 4 aliphatic heterocycles. The third-order valence-electron chi connectivity index (χ3n) is 9.15. The van der Waals surface area contributed by atoms with Crippen molar-refractivity contribution >= 4 is 35.2 Å². The van der Waals surface area contributed by atoms with Crippen molar-refractivity contribution < 1.29 is 24.2 Å². The molecular formula is C33H37N3O5S. The summed E-state index contributed by atoms with van der Waals surface area (Å²) in [4.78, 5) is 49.0. The van der Waals surface area contributed by atoms with Crippen LogP contribution >= 0.6 is 11.8 Å². The Bertz CT molecular complexity index is 1430. The molecule has 8 nitrogen and oxygen atoms in total. The third-order valence-corrected chi connectivity index (χ3v) is 10.9. The lowest BCUT2D eigenvalue weighted by molar-refractivity contribution is -0.145. The van der Waals surface area contributed by atoms with E-state index < -0.39 is 33.4 Å². The molecule has 2 fully saturated rings. The quantitative estimate of drug-likeness (QED) is 0.496. The minimum atomic E-state index is -0.994. The number of amides is 3. The largest absolute Gasteiger partial charge is 0.497 e. The molecule has 220 valence electrons. The fraction of sp³-hybridized carbons (Fsp3) is 0.424. The number of carbonyl (C=O) groups excluding carboxylic acids is 3. The minimum absolute atomic E-state index is 0.0509. The Morgan fingerprint density at radius 2 is 1.67 bits per heavy atom. The van der Waals surface area contributed by atoms with E-state index in [9.17, 15) is 19.5 Å². The number of benzene rings is 2. The van der Waals surface area contributed by atoms with E-state index in [-0.39, 0.29) is 24.3 Å². The van der Waals surface area contributed by atoms with Crippen LogP contribution in [0.4, 0.5) is 5.69 Å². The summed E-state index contributed by atoms with van der Waals surface area (Å²) in [5.74, 6) is -1.28. The fourth-order valence-corrected chi connectivity index (χ4v) is 9.49. The van der Waals surface area contributed by atoms with Crippen LogP contribution in [0.1, 0.15) is 31.9 Å². The normalized spacial score (nSPS) is 31.0. The summed E-state index contributed by atoms with van der Waals surface area (Å²) in [6.07, 6.45) is 8.88. The van der Waals surface area contributed by atoms with Gasteiger partial charge in [0.25, 0.3) is 5.91 Å². The monoisotopic (exact) mass is 587 g/mol. The number of anilines is 1. The molecule has 1 spiro atoms. The Morgan fingerprint density at radius 1 is 0.952 bits per heavy atom. The van der Waals surface area contributed by atoms with Crippen molar-refractivity contribution in [3.63, 3.8) is 0 Å². The van der Waals surface area contributed by atoms with E-state index in [0.29, 0.717) is 31.1 Å². The average Bonchev–Trinajstić information content (AvgIpc) is 3.27. The van der Waals surface area contributed by atoms with E-state index in [1.807, 2.05) is 91.6 Å². The molecule has 0 saturated carbocycles. The van der Waals surface area contributed by atoms with E-state index in [0.717, 1.165) is 12.0 Å². The van der Waals surface area contributed by atoms with Crippen LogP contribution in [0.15, 0.2) is 78.9 Å². The molecule has 4 aliphatic rings. The summed E-state index contributed by atoms with van der Waals surface area (Å²) in [7, 11) is 1.59. The fourth-order valence-electron chi connectivity index (χ4n) is 7.34. The van der Waals surface area contributed by atoms with E-state index in [2.05, 4.69) is 6.08 Å². The van der Waals surface area contributed by atoms with Gasteiger partial charge in [-0.1, -0.05) is 61.6 Å². The zero-order valence-corrected chi connectivity index (χ0v) is 25.0. The van der Waals surface area contributed by atoms with E-state index in [1.165, 1.54) is 0 Å². The first kappa shape index (κ1) is 28.6. The van der Waals surface area contributed by atoms with Gasteiger partial charge in [-0.15, -0.1) is 11.8 Å².